The van der Waals surface area contributed by atoms with Gasteiger partial charge in [-0.1, -0.05) is 11.6 Å². The standard InChI is InChI=1S/C15H11ClN4O7/c16-8-1-4-12(13(5-8)20(25)26)18-14(21)7-27-15(22)10-3-2-9(19(23)24)6-11(10)17/h1-6H,7,17H2,(H,18,21). The summed E-state index contributed by atoms with van der Waals surface area (Å²) in [7, 11) is 0. The molecule has 0 fully saturated rings. The van der Waals surface area contributed by atoms with E-state index in [1.807, 2.05) is 0 Å². The molecule has 0 bridgehead atoms. The first kappa shape index (κ1) is 19.6. The zero-order valence-corrected chi connectivity index (χ0v) is 14.1. The highest BCUT2D eigenvalue weighted by Crippen LogP contribution is 2.27. The van der Waals surface area contributed by atoms with Crippen molar-refractivity contribution in [3.05, 3.63) is 67.2 Å². The molecule has 0 atom stereocenters. The van der Waals surface area contributed by atoms with E-state index in [9.17, 15) is 29.8 Å². The molecule has 0 aliphatic carbocycles. The van der Waals surface area contributed by atoms with Gasteiger partial charge < -0.3 is 15.8 Å². The molecule has 2 rings (SSSR count). The van der Waals surface area contributed by atoms with Crippen LogP contribution in [0.5, 0.6) is 0 Å². The van der Waals surface area contributed by atoms with Crippen molar-refractivity contribution in [1.29, 1.82) is 0 Å². The minimum absolute atomic E-state index is 0.111. The maximum Gasteiger partial charge on any atom is 0.340 e. The van der Waals surface area contributed by atoms with Gasteiger partial charge in [-0.2, -0.15) is 0 Å². The molecule has 0 radical (unpaired) electrons. The van der Waals surface area contributed by atoms with E-state index < -0.39 is 34.0 Å². The van der Waals surface area contributed by atoms with Crippen LogP contribution in [0.2, 0.25) is 5.02 Å². The maximum atomic E-state index is 11.9. The molecular weight excluding hydrogens is 384 g/mol. The number of halogens is 1. The third kappa shape index (κ3) is 4.89. The Morgan fingerprint density at radius 1 is 1.11 bits per heavy atom. The summed E-state index contributed by atoms with van der Waals surface area (Å²) in [5, 5.41) is 24.0. The van der Waals surface area contributed by atoms with E-state index in [2.05, 4.69) is 5.32 Å². The first-order chi connectivity index (χ1) is 12.7. The largest absolute Gasteiger partial charge is 0.452 e. The first-order valence-corrected chi connectivity index (χ1v) is 7.51. The Kier molecular flexibility index (Phi) is 5.88. The molecule has 0 spiro atoms. The summed E-state index contributed by atoms with van der Waals surface area (Å²) in [4.78, 5) is 44.0. The van der Waals surface area contributed by atoms with E-state index in [-0.39, 0.29) is 27.6 Å². The highest BCUT2D eigenvalue weighted by Gasteiger charge is 2.19. The average Bonchev–Trinajstić information content (AvgIpc) is 2.60. The van der Waals surface area contributed by atoms with Gasteiger partial charge in [0.2, 0.25) is 0 Å². The van der Waals surface area contributed by atoms with Crippen LogP contribution in [0.3, 0.4) is 0 Å². The molecule has 2 aromatic carbocycles. The SMILES string of the molecule is Nc1cc([N+](=O)[O-])ccc1C(=O)OCC(=O)Nc1ccc(Cl)cc1[N+](=O)[O-]. The Bertz CT molecular complexity index is 948. The fourth-order valence-electron chi connectivity index (χ4n) is 2.01. The minimum atomic E-state index is -0.983. The van der Waals surface area contributed by atoms with E-state index in [4.69, 9.17) is 22.1 Å². The van der Waals surface area contributed by atoms with Crippen molar-refractivity contribution in [2.45, 2.75) is 0 Å². The lowest BCUT2D eigenvalue weighted by Gasteiger charge is -2.08. The maximum absolute atomic E-state index is 11.9. The number of amides is 1. The molecule has 0 heterocycles. The summed E-state index contributed by atoms with van der Waals surface area (Å²) in [5.41, 5.74) is 4.35. The predicted molar refractivity (Wildman–Crippen MR) is 94.5 cm³/mol. The number of benzene rings is 2. The van der Waals surface area contributed by atoms with E-state index in [0.717, 1.165) is 24.3 Å². The van der Waals surface area contributed by atoms with Gasteiger partial charge in [-0.15, -0.1) is 0 Å². The Labute approximate surface area is 156 Å². The number of carbonyl (C=O) groups is 2. The fraction of sp³-hybridized carbons (Fsp3) is 0.0667. The summed E-state index contributed by atoms with van der Waals surface area (Å²) >= 11 is 5.67. The van der Waals surface area contributed by atoms with Gasteiger partial charge in [0.25, 0.3) is 17.3 Å². The topological polar surface area (TPSA) is 168 Å². The molecule has 0 saturated heterocycles. The molecule has 1 amide bonds. The number of hydrogen-bond acceptors (Lipinski definition) is 8. The molecule has 0 unspecified atom stereocenters. The number of rotatable bonds is 6. The number of ether oxygens (including phenoxy) is 1. The molecule has 12 heteroatoms. The van der Waals surface area contributed by atoms with Gasteiger partial charge in [-0.3, -0.25) is 25.0 Å². The van der Waals surface area contributed by atoms with Crippen LogP contribution in [0, 0.1) is 20.2 Å². The van der Waals surface area contributed by atoms with Crippen molar-refractivity contribution < 1.29 is 24.2 Å². The summed E-state index contributed by atoms with van der Waals surface area (Å²) < 4.78 is 4.77. The first-order valence-electron chi connectivity index (χ1n) is 7.14. The van der Waals surface area contributed by atoms with Crippen LogP contribution in [-0.2, 0) is 9.53 Å². The lowest BCUT2D eigenvalue weighted by molar-refractivity contribution is -0.384. The zero-order valence-electron chi connectivity index (χ0n) is 13.4. The molecule has 0 saturated carbocycles. The number of nitrogen functional groups attached to an aromatic ring is 1. The minimum Gasteiger partial charge on any atom is -0.452 e. The smallest absolute Gasteiger partial charge is 0.340 e. The second-order valence-electron chi connectivity index (χ2n) is 5.07. The van der Waals surface area contributed by atoms with E-state index in [1.54, 1.807) is 0 Å². The zero-order chi connectivity index (χ0) is 20.1. The molecule has 0 aliphatic heterocycles. The molecule has 27 heavy (non-hydrogen) atoms. The summed E-state index contributed by atoms with van der Waals surface area (Å²) in [6.45, 7) is -0.755. The number of nitrogens with two attached hydrogens (primary N) is 1. The van der Waals surface area contributed by atoms with Gasteiger partial charge in [0.15, 0.2) is 6.61 Å². The van der Waals surface area contributed by atoms with E-state index in [0.29, 0.717) is 0 Å². The molecular formula is C15H11ClN4O7. The summed E-state index contributed by atoms with van der Waals surface area (Å²) in [6, 6.07) is 6.76. The molecule has 11 nitrogen and oxygen atoms in total. The second-order valence-corrected chi connectivity index (χ2v) is 5.51. The molecule has 3 N–H and O–H groups in total. The molecule has 2 aromatic rings. The van der Waals surface area contributed by atoms with Crippen LogP contribution in [0.1, 0.15) is 10.4 Å². The summed E-state index contributed by atoms with van der Waals surface area (Å²) in [6.07, 6.45) is 0. The van der Waals surface area contributed by atoms with Crippen molar-refractivity contribution in [1.82, 2.24) is 0 Å². The van der Waals surface area contributed by atoms with Crippen molar-refractivity contribution >= 4 is 46.2 Å². The Morgan fingerprint density at radius 2 is 1.81 bits per heavy atom. The molecule has 140 valence electrons. The third-order valence-corrected chi connectivity index (χ3v) is 3.47. The number of esters is 1. The number of nitro benzene ring substituents is 2. The van der Waals surface area contributed by atoms with Gasteiger partial charge in [0.1, 0.15) is 5.69 Å². The lowest BCUT2D eigenvalue weighted by atomic mass is 10.1. The normalized spacial score (nSPS) is 10.1. The monoisotopic (exact) mass is 394 g/mol. The van der Waals surface area contributed by atoms with Crippen molar-refractivity contribution in [3.63, 3.8) is 0 Å². The number of nitro groups is 2. The number of non-ortho nitro benzene ring substituents is 1. The van der Waals surface area contributed by atoms with Gasteiger partial charge in [0.05, 0.1) is 21.1 Å². The lowest BCUT2D eigenvalue weighted by Crippen LogP contribution is -2.21. The number of carbonyl (C=O) groups excluding carboxylic acids is 2. The highest BCUT2D eigenvalue weighted by molar-refractivity contribution is 6.31. The van der Waals surface area contributed by atoms with Gasteiger partial charge in [-0.25, -0.2) is 4.79 Å². The van der Waals surface area contributed by atoms with Crippen LogP contribution >= 0.6 is 11.6 Å². The van der Waals surface area contributed by atoms with Crippen LogP contribution < -0.4 is 11.1 Å². The van der Waals surface area contributed by atoms with Crippen molar-refractivity contribution in [2.75, 3.05) is 17.7 Å². The fourth-order valence-corrected chi connectivity index (χ4v) is 2.17. The van der Waals surface area contributed by atoms with Crippen LogP contribution in [0.15, 0.2) is 36.4 Å². The van der Waals surface area contributed by atoms with Crippen molar-refractivity contribution in [2.24, 2.45) is 0 Å². The molecule has 0 aromatic heterocycles. The number of anilines is 2. The number of hydrogen-bond donors (Lipinski definition) is 2. The third-order valence-electron chi connectivity index (χ3n) is 3.23. The Morgan fingerprint density at radius 3 is 2.41 bits per heavy atom. The number of nitrogens with one attached hydrogen (secondary N) is 1. The van der Waals surface area contributed by atoms with Crippen LogP contribution in [0.4, 0.5) is 22.7 Å². The van der Waals surface area contributed by atoms with Crippen LogP contribution in [-0.4, -0.2) is 28.3 Å². The van der Waals surface area contributed by atoms with Crippen molar-refractivity contribution in [3.8, 4) is 0 Å². The predicted octanol–water partition coefficient (Wildman–Crippen LogP) is 2.53. The van der Waals surface area contributed by atoms with E-state index in [1.165, 1.54) is 12.1 Å². The number of nitrogens with zero attached hydrogens (tertiary/aromatic N) is 2. The Hall–Kier alpha value is -3.73. The highest BCUT2D eigenvalue weighted by atomic mass is 35.5. The van der Waals surface area contributed by atoms with Gasteiger partial charge in [-0.05, 0) is 18.2 Å². The van der Waals surface area contributed by atoms with Crippen LogP contribution in [0.25, 0.3) is 0 Å². The summed E-state index contributed by atoms with van der Waals surface area (Å²) in [5.74, 6) is -1.82. The van der Waals surface area contributed by atoms with Gasteiger partial charge in [0, 0.05) is 23.2 Å². The second kappa shape index (κ2) is 8.10. The molecule has 0 aliphatic rings. The van der Waals surface area contributed by atoms with Gasteiger partial charge >= 0.3 is 5.97 Å². The quantitative estimate of drug-likeness (QED) is 0.326. The average molecular weight is 395 g/mol. The van der Waals surface area contributed by atoms with E-state index >= 15 is 0 Å². The Balaban J connectivity index is 2.03.